The van der Waals surface area contributed by atoms with Crippen molar-refractivity contribution in [3.05, 3.63) is 63.6 Å². The van der Waals surface area contributed by atoms with Gasteiger partial charge in [0.25, 0.3) is 5.91 Å². The number of amides is 1. The summed E-state index contributed by atoms with van der Waals surface area (Å²) in [7, 11) is 3.50. The zero-order valence-corrected chi connectivity index (χ0v) is 19.7. The Morgan fingerprint density at radius 2 is 1.90 bits per heavy atom. The molecule has 1 aromatic heterocycles. The molecule has 0 saturated carbocycles. The molecule has 30 heavy (non-hydrogen) atoms. The van der Waals surface area contributed by atoms with Crippen LogP contribution >= 0.6 is 35.0 Å². The van der Waals surface area contributed by atoms with Crippen LogP contribution in [-0.2, 0) is 12.3 Å². The molecule has 0 aliphatic carbocycles. The van der Waals surface area contributed by atoms with E-state index in [0.717, 1.165) is 28.7 Å². The third-order valence-electron chi connectivity index (χ3n) is 4.38. The van der Waals surface area contributed by atoms with Crippen LogP contribution in [0.3, 0.4) is 0 Å². The van der Waals surface area contributed by atoms with Gasteiger partial charge in [-0.05, 0) is 41.8 Å². The molecule has 8 heteroatoms. The standard InChI is InChI=1S/C22H24Cl2N4OS/c1-14(2)12-28-20(18-9-8-17(23)11-19(18)24)25-26-22(28)30-13-15-6-5-7-16(10-15)21(29)27(3)4/h5-11,14H,12-13H2,1-4H3. The fourth-order valence-corrected chi connectivity index (χ4v) is 4.38. The lowest BCUT2D eigenvalue weighted by Gasteiger charge is -2.14. The van der Waals surface area contributed by atoms with E-state index in [2.05, 4.69) is 28.6 Å². The van der Waals surface area contributed by atoms with Gasteiger partial charge in [0.1, 0.15) is 0 Å². The highest BCUT2D eigenvalue weighted by Crippen LogP contribution is 2.32. The second-order valence-corrected chi connectivity index (χ2v) is 9.41. The van der Waals surface area contributed by atoms with Crippen molar-refractivity contribution in [3.8, 4) is 11.4 Å². The van der Waals surface area contributed by atoms with Crippen molar-refractivity contribution >= 4 is 40.9 Å². The molecular formula is C22H24Cl2N4OS. The van der Waals surface area contributed by atoms with Crippen LogP contribution in [0.4, 0.5) is 0 Å². The van der Waals surface area contributed by atoms with Gasteiger partial charge in [0.05, 0.1) is 5.02 Å². The summed E-state index contributed by atoms with van der Waals surface area (Å²) in [5.41, 5.74) is 2.54. The van der Waals surface area contributed by atoms with E-state index in [4.69, 9.17) is 23.2 Å². The first-order chi connectivity index (χ1) is 14.3. The van der Waals surface area contributed by atoms with Crippen molar-refractivity contribution in [2.45, 2.75) is 31.3 Å². The van der Waals surface area contributed by atoms with Gasteiger partial charge in [-0.15, -0.1) is 10.2 Å². The van der Waals surface area contributed by atoms with Crippen molar-refractivity contribution in [2.75, 3.05) is 14.1 Å². The molecule has 0 aliphatic rings. The normalized spacial score (nSPS) is 11.2. The third kappa shape index (κ3) is 5.36. The molecule has 0 bridgehead atoms. The third-order valence-corrected chi connectivity index (χ3v) is 5.97. The van der Waals surface area contributed by atoms with Crippen LogP contribution in [0.5, 0.6) is 0 Å². The number of benzene rings is 2. The van der Waals surface area contributed by atoms with Crippen LogP contribution in [0.25, 0.3) is 11.4 Å². The number of halogens is 2. The van der Waals surface area contributed by atoms with E-state index in [1.54, 1.807) is 42.9 Å². The van der Waals surface area contributed by atoms with E-state index in [1.165, 1.54) is 0 Å². The molecule has 0 aliphatic heterocycles. The Hall–Kier alpha value is -2.02. The number of rotatable bonds is 7. The lowest BCUT2D eigenvalue weighted by Crippen LogP contribution is -2.21. The van der Waals surface area contributed by atoms with Gasteiger partial charge in [0, 0.05) is 42.5 Å². The van der Waals surface area contributed by atoms with E-state index >= 15 is 0 Å². The Kier molecular flexibility index (Phi) is 7.45. The average Bonchev–Trinajstić information content (AvgIpc) is 3.07. The molecule has 0 spiro atoms. The molecule has 0 N–H and O–H groups in total. The predicted octanol–water partition coefficient (Wildman–Crippen LogP) is 5.90. The van der Waals surface area contributed by atoms with E-state index in [-0.39, 0.29) is 5.91 Å². The molecule has 0 fully saturated rings. The first-order valence-electron chi connectivity index (χ1n) is 9.58. The van der Waals surface area contributed by atoms with Gasteiger partial charge in [0.2, 0.25) is 0 Å². The zero-order chi connectivity index (χ0) is 21.8. The predicted molar refractivity (Wildman–Crippen MR) is 124 cm³/mol. The van der Waals surface area contributed by atoms with Gasteiger partial charge in [-0.3, -0.25) is 4.79 Å². The molecule has 3 rings (SSSR count). The first kappa shape index (κ1) is 22.7. The maximum atomic E-state index is 12.2. The minimum absolute atomic E-state index is 0.00973. The molecule has 1 amide bonds. The monoisotopic (exact) mass is 462 g/mol. The molecule has 0 atom stereocenters. The molecule has 5 nitrogen and oxygen atoms in total. The van der Waals surface area contributed by atoms with E-state index in [1.807, 2.05) is 30.3 Å². The number of thioether (sulfide) groups is 1. The fourth-order valence-electron chi connectivity index (χ4n) is 3.00. The van der Waals surface area contributed by atoms with Crippen LogP contribution in [-0.4, -0.2) is 39.7 Å². The maximum Gasteiger partial charge on any atom is 0.253 e. The SMILES string of the molecule is CC(C)Cn1c(SCc2cccc(C(=O)N(C)C)c2)nnc1-c1ccc(Cl)cc1Cl. The summed E-state index contributed by atoms with van der Waals surface area (Å²) < 4.78 is 2.10. The van der Waals surface area contributed by atoms with Crippen LogP contribution in [0.1, 0.15) is 29.8 Å². The second-order valence-electron chi connectivity index (χ2n) is 7.62. The lowest BCUT2D eigenvalue weighted by atomic mass is 10.1. The van der Waals surface area contributed by atoms with Crippen LogP contribution in [0.2, 0.25) is 10.0 Å². The Labute approximate surface area is 191 Å². The summed E-state index contributed by atoms with van der Waals surface area (Å²) in [6, 6.07) is 13.1. The van der Waals surface area contributed by atoms with Gasteiger partial charge < -0.3 is 9.47 Å². The molecule has 2 aromatic carbocycles. The summed E-state index contributed by atoms with van der Waals surface area (Å²) in [6.45, 7) is 5.07. The number of aromatic nitrogens is 3. The zero-order valence-electron chi connectivity index (χ0n) is 17.4. The van der Waals surface area contributed by atoms with Gasteiger partial charge in [-0.1, -0.05) is 60.9 Å². The number of hydrogen-bond donors (Lipinski definition) is 0. The van der Waals surface area contributed by atoms with Crippen molar-refractivity contribution < 1.29 is 4.79 Å². The Morgan fingerprint density at radius 3 is 2.57 bits per heavy atom. The highest BCUT2D eigenvalue weighted by molar-refractivity contribution is 7.98. The smallest absolute Gasteiger partial charge is 0.253 e. The lowest BCUT2D eigenvalue weighted by molar-refractivity contribution is 0.0827. The molecular weight excluding hydrogens is 439 g/mol. The summed E-state index contributed by atoms with van der Waals surface area (Å²) in [4.78, 5) is 13.8. The van der Waals surface area contributed by atoms with Gasteiger partial charge >= 0.3 is 0 Å². The minimum atomic E-state index is -0.00973. The van der Waals surface area contributed by atoms with E-state index in [9.17, 15) is 4.79 Å². The van der Waals surface area contributed by atoms with Crippen LogP contribution in [0, 0.1) is 5.92 Å². The summed E-state index contributed by atoms with van der Waals surface area (Å²) >= 11 is 14.1. The van der Waals surface area contributed by atoms with Gasteiger partial charge in [-0.25, -0.2) is 0 Å². The summed E-state index contributed by atoms with van der Waals surface area (Å²) in [6.07, 6.45) is 0. The number of carbonyl (C=O) groups excluding carboxylic acids is 1. The number of nitrogens with zero attached hydrogens (tertiary/aromatic N) is 4. The Balaban J connectivity index is 1.87. The Morgan fingerprint density at radius 1 is 1.13 bits per heavy atom. The number of carbonyl (C=O) groups is 1. The average molecular weight is 463 g/mol. The topological polar surface area (TPSA) is 51.0 Å². The second kappa shape index (κ2) is 9.86. The van der Waals surface area contributed by atoms with Crippen molar-refractivity contribution in [1.29, 1.82) is 0 Å². The minimum Gasteiger partial charge on any atom is -0.345 e. The first-order valence-corrected chi connectivity index (χ1v) is 11.3. The van der Waals surface area contributed by atoms with Crippen molar-refractivity contribution in [3.63, 3.8) is 0 Å². The largest absolute Gasteiger partial charge is 0.345 e. The Bertz CT molecular complexity index is 1050. The van der Waals surface area contributed by atoms with Crippen LogP contribution < -0.4 is 0 Å². The molecule has 1 heterocycles. The van der Waals surface area contributed by atoms with Crippen molar-refractivity contribution in [2.24, 2.45) is 5.92 Å². The molecule has 158 valence electrons. The number of hydrogen-bond acceptors (Lipinski definition) is 4. The molecule has 0 saturated heterocycles. The van der Waals surface area contributed by atoms with Crippen molar-refractivity contribution in [1.82, 2.24) is 19.7 Å². The summed E-state index contributed by atoms with van der Waals surface area (Å²) in [5.74, 6) is 1.80. The van der Waals surface area contributed by atoms with E-state index < -0.39 is 0 Å². The fraction of sp³-hybridized carbons (Fsp3) is 0.318. The van der Waals surface area contributed by atoms with Crippen LogP contribution in [0.15, 0.2) is 47.6 Å². The molecule has 3 aromatic rings. The quantitative estimate of drug-likeness (QED) is 0.410. The highest BCUT2D eigenvalue weighted by Gasteiger charge is 2.18. The molecule has 0 unspecified atom stereocenters. The highest BCUT2D eigenvalue weighted by atomic mass is 35.5. The van der Waals surface area contributed by atoms with E-state index in [0.29, 0.717) is 27.3 Å². The van der Waals surface area contributed by atoms with Gasteiger partial charge in [-0.2, -0.15) is 0 Å². The molecule has 0 radical (unpaired) electrons. The maximum absolute atomic E-state index is 12.2. The summed E-state index contributed by atoms with van der Waals surface area (Å²) in [5, 5.41) is 10.8. The van der Waals surface area contributed by atoms with Gasteiger partial charge in [0.15, 0.2) is 11.0 Å².